The number of rotatable bonds is 6. The largest absolute Gasteiger partial charge is 0.449 e. The van der Waals surface area contributed by atoms with Crippen LogP contribution in [-0.2, 0) is 4.79 Å². The smallest absolute Gasteiger partial charge is 0.318 e. The van der Waals surface area contributed by atoms with Crippen LogP contribution in [0.5, 0.6) is 11.5 Å². The van der Waals surface area contributed by atoms with Gasteiger partial charge in [0.1, 0.15) is 5.75 Å². The van der Waals surface area contributed by atoms with E-state index in [0.29, 0.717) is 9.88 Å². The number of non-ortho nitro benzene ring substituents is 1. The molecule has 12 heteroatoms. The molecule has 0 bridgehead atoms. The van der Waals surface area contributed by atoms with E-state index in [4.69, 9.17) is 17.0 Å². The van der Waals surface area contributed by atoms with Crippen molar-refractivity contribution >= 4 is 51.8 Å². The lowest BCUT2D eigenvalue weighted by Gasteiger charge is -2.10. The lowest BCUT2D eigenvalue weighted by atomic mass is 10.2. The molecule has 2 aromatic carbocycles. The summed E-state index contributed by atoms with van der Waals surface area (Å²) in [5.41, 5.74) is -0.539. The third-order valence-electron chi connectivity index (χ3n) is 3.53. The summed E-state index contributed by atoms with van der Waals surface area (Å²) in [5.74, 6) is 0.00685. The molecule has 1 aliphatic rings. The van der Waals surface area contributed by atoms with Crippen molar-refractivity contribution in [3.05, 3.63) is 68.3 Å². The highest BCUT2D eigenvalue weighted by molar-refractivity contribution is 8.23. The number of carbonyl (C=O) groups excluding carboxylic acids is 1. The summed E-state index contributed by atoms with van der Waals surface area (Å²) in [5, 5.41) is 27.2. The van der Waals surface area contributed by atoms with E-state index in [2.05, 4.69) is 5.10 Å². The predicted molar refractivity (Wildman–Crippen MR) is 106 cm³/mol. The van der Waals surface area contributed by atoms with Gasteiger partial charge in [-0.25, -0.2) is 0 Å². The first-order chi connectivity index (χ1) is 13.4. The fourth-order valence-corrected chi connectivity index (χ4v) is 3.19. The summed E-state index contributed by atoms with van der Waals surface area (Å²) >= 11 is 6.24. The molecule has 1 fully saturated rings. The van der Waals surface area contributed by atoms with E-state index in [-0.39, 0.29) is 23.2 Å². The Labute approximate surface area is 167 Å². The number of benzene rings is 2. The summed E-state index contributed by atoms with van der Waals surface area (Å²) in [6.45, 7) is 0. The number of hydrogen-bond donors (Lipinski definition) is 0. The molecular formula is C16H10N4O6S2. The summed E-state index contributed by atoms with van der Waals surface area (Å²) in [7, 11) is 0. The van der Waals surface area contributed by atoms with Crippen LogP contribution in [0, 0.1) is 20.2 Å². The van der Waals surface area contributed by atoms with Crippen LogP contribution in [0.15, 0.2) is 47.6 Å². The van der Waals surface area contributed by atoms with Crippen molar-refractivity contribution in [3.8, 4) is 11.5 Å². The van der Waals surface area contributed by atoms with Crippen LogP contribution in [0.2, 0.25) is 0 Å². The van der Waals surface area contributed by atoms with Crippen molar-refractivity contribution in [2.75, 3.05) is 5.75 Å². The van der Waals surface area contributed by atoms with Gasteiger partial charge in [-0.3, -0.25) is 25.0 Å². The van der Waals surface area contributed by atoms with Gasteiger partial charge in [-0.05, 0) is 18.2 Å². The Bertz CT molecular complexity index is 1010. The molecule has 142 valence electrons. The molecule has 3 rings (SSSR count). The molecule has 0 radical (unpaired) electrons. The van der Waals surface area contributed by atoms with E-state index in [0.717, 1.165) is 23.2 Å². The molecule has 10 nitrogen and oxygen atoms in total. The predicted octanol–water partition coefficient (Wildman–Crippen LogP) is 3.49. The minimum absolute atomic E-state index is 0.167. The molecular weight excluding hydrogens is 408 g/mol. The van der Waals surface area contributed by atoms with Gasteiger partial charge in [-0.2, -0.15) is 10.1 Å². The van der Waals surface area contributed by atoms with E-state index >= 15 is 0 Å². The number of thiocarbonyl (C=S) groups is 1. The topological polar surface area (TPSA) is 128 Å². The molecule has 0 saturated carbocycles. The average molecular weight is 418 g/mol. The Morgan fingerprint density at radius 3 is 2.54 bits per heavy atom. The van der Waals surface area contributed by atoms with Gasteiger partial charge in [-0.1, -0.05) is 36.1 Å². The zero-order chi connectivity index (χ0) is 20.3. The lowest BCUT2D eigenvalue weighted by Crippen LogP contribution is -2.22. The summed E-state index contributed by atoms with van der Waals surface area (Å²) < 4.78 is 5.93. The van der Waals surface area contributed by atoms with Crippen LogP contribution in [0.1, 0.15) is 5.56 Å². The van der Waals surface area contributed by atoms with Crippen molar-refractivity contribution in [1.29, 1.82) is 0 Å². The normalized spacial score (nSPS) is 13.9. The first-order valence-corrected chi connectivity index (χ1v) is 8.99. The first kappa shape index (κ1) is 19.4. The zero-order valence-electron chi connectivity index (χ0n) is 13.9. The van der Waals surface area contributed by atoms with Crippen LogP contribution in [0.3, 0.4) is 0 Å². The molecule has 1 saturated heterocycles. The second kappa shape index (κ2) is 8.10. The number of nitrogens with zero attached hydrogens (tertiary/aromatic N) is 4. The third-order valence-corrected chi connectivity index (χ3v) is 4.87. The van der Waals surface area contributed by atoms with E-state index in [9.17, 15) is 25.0 Å². The molecule has 0 spiro atoms. The number of hydrogen-bond acceptors (Lipinski definition) is 9. The molecule has 0 unspecified atom stereocenters. The summed E-state index contributed by atoms with van der Waals surface area (Å²) in [6, 6.07) is 9.60. The van der Waals surface area contributed by atoms with Crippen LogP contribution in [0.25, 0.3) is 0 Å². The number of ether oxygens (including phenoxy) is 1. The van der Waals surface area contributed by atoms with Crippen molar-refractivity contribution in [2.45, 2.75) is 0 Å². The van der Waals surface area contributed by atoms with E-state index in [1.54, 1.807) is 24.3 Å². The minimum Gasteiger partial charge on any atom is -0.449 e. The maximum Gasteiger partial charge on any atom is 0.318 e. The van der Waals surface area contributed by atoms with Gasteiger partial charge in [-0.15, -0.1) is 0 Å². The fraction of sp³-hybridized carbons (Fsp3) is 0.0625. The van der Waals surface area contributed by atoms with Gasteiger partial charge in [0.25, 0.3) is 11.6 Å². The Morgan fingerprint density at radius 2 is 1.89 bits per heavy atom. The molecule has 28 heavy (non-hydrogen) atoms. The number of hydrazone groups is 1. The number of nitro benzene ring substituents is 2. The lowest BCUT2D eigenvalue weighted by molar-refractivity contribution is -0.394. The molecule has 1 aliphatic heterocycles. The van der Waals surface area contributed by atoms with Crippen LogP contribution in [-0.4, -0.2) is 37.1 Å². The second-order valence-electron chi connectivity index (χ2n) is 5.31. The van der Waals surface area contributed by atoms with Gasteiger partial charge >= 0.3 is 5.69 Å². The third kappa shape index (κ3) is 4.13. The van der Waals surface area contributed by atoms with Gasteiger partial charge < -0.3 is 4.74 Å². The highest BCUT2D eigenvalue weighted by Gasteiger charge is 2.26. The highest BCUT2D eigenvalue weighted by atomic mass is 32.2. The molecule has 0 aromatic heterocycles. The second-order valence-corrected chi connectivity index (χ2v) is 6.92. The maximum absolute atomic E-state index is 11.7. The number of para-hydroxylation sites is 1. The SMILES string of the molecule is O=C1CSC(=S)N1/N=C/c1ccccc1Oc1ccc([N+](=O)[O-])cc1[N+](=O)[O-]. The Kier molecular flexibility index (Phi) is 5.61. The molecule has 0 aliphatic carbocycles. The van der Waals surface area contributed by atoms with Crippen LogP contribution < -0.4 is 4.74 Å². The van der Waals surface area contributed by atoms with Gasteiger partial charge in [0.2, 0.25) is 5.75 Å². The van der Waals surface area contributed by atoms with E-state index in [1.165, 1.54) is 18.0 Å². The van der Waals surface area contributed by atoms with E-state index in [1.807, 2.05) is 0 Å². The van der Waals surface area contributed by atoms with Gasteiger partial charge in [0.05, 0.1) is 27.9 Å². The van der Waals surface area contributed by atoms with Crippen molar-refractivity contribution in [2.24, 2.45) is 5.10 Å². The monoisotopic (exact) mass is 418 g/mol. The molecule has 1 amide bonds. The van der Waals surface area contributed by atoms with Crippen LogP contribution in [0.4, 0.5) is 11.4 Å². The Morgan fingerprint density at radius 1 is 1.14 bits per heavy atom. The number of thioether (sulfide) groups is 1. The van der Waals surface area contributed by atoms with Gasteiger partial charge in [0.15, 0.2) is 4.32 Å². The maximum atomic E-state index is 11.7. The molecule has 2 aromatic rings. The average Bonchev–Trinajstić information content (AvgIpc) is 2.99. The van der Waals surface area contributed by atoms with Crippen LogP contribution >= 0.6 is 24.0 Å². The minimum atomic E-state index is -0.766. The Balaban J connectivity index is 1.92. The first-order valence-electron chi connectivity index (χ1n) is 7.60. The zero-order valence-corrected chi connectivity index (χ0v) is 15.5. The summed E-state index contributed by atoms with van der Waals surface area (Å²) in [4.78, 5) is 32.3. The van der Waals surface area contributed by atoms with Crippen molar-refractivity contribution in [3.63, 3.8) is 0 Å². The molecule has 1 heterocycles. The molecule has 0 N–H and O–H groups in total. The number of amides is 1. The van der Waals surface area contributed by atoms with Gasteiger partial charge in [0, 0.05) is 11.6 Å². The quantitative estimate of drug-likeness (QED) is 0.302. The van der Waals surface area contributed by atoms with Crippen molar-refractivity contribution < 1.29 is 19.4 Å². The highest BCUT2D eigenvalue weighted by Crippen LogP contribution is 2.35. The fourth-order valence-electron chi connectivity index (χ4n) is 2.23. The summed E-state index contributed by atoms with van der Waals surface area (Å²) in [6.07, 6.45) is 1.35. The standard InChI is InChI=1S/C16H10N4O6S2/c21-15-9-28-16(27)18(15)17-8-10-3-1-2-4-13(10)26-14-6-5-11(19(22)23)7-12(14)20(24)25/h1-8H,9H2/b17-8+. The molecule has 0 atom stereocenters. The number of carbonyl (C=O) groups is 1. The number of nitro groups is 2. The van der Waals surface area contributed by atoms with E-state index < -0.39 is 21.2 Å². The van der Waals surface area contributed by atoms with Crippen molar-refractivity contribution in [1.82, 2.24) is 5.01 Å². The Hall–Kier alpha value is -3.38.